The molecule has 38 heavy (non-hydrogen) atoms. The Labute approximate surface area is 220 Å². The Bertz CT molecular complexity index is 1120. The van der Waals surface area contributed by atoms with Gasteiger partial charge in [-0.05, 0) is 45.4 Å². The summed E-state index contributed by atoms with van der Waals surface area (Å²) in [6.07, 6.45) is -2.04. The van der Waals surface area contributed by atoms with Gasteiger partial charge in [-0.15, -0.1) is 0 Å². The third-order valence-corrected chi connectivity index (χ3v) is 7.05. The van der Waals surface area contributed by atoms with Crippen LogP contribution in [0.15, 0.2) is 35.6 Å². The minimum Gasteiger partial charge on any atom is -0.512 e. The summed E-state index contributed by atoms with van der Waals surface area (Å²) in [6.45, 7) is 5.75. The van der Waals surface area contributed by atoms with Crippen LogP contribution in [-0.4, -0.2) is 77.6 Å². The molecule has 0 bridgehead atoms. The molecule has 0 spiro atoms. The molecule has 12 nitrogen and oxygen atoms in total. The van der Waals surface area contributed by atoms with E-state index in [4.69, 9.17) is 23.7 Å². The molecule has 2 amide bonds. The Morgan fingerprint density at radius 2 is 1.87 bits per heavy atom. The molecule has 1 unspecified atom stereocenters. The summed E-state index contributed by atoms with van der Waals surface area (Å²) >= 11 is 0. The van der Waals surface area contributed by atoms with Crippen LogP contribution in [0.1, 0.15) is 39.7 Å². The van der Waals surface area contributed by atoms with Gasteiger partial charge in [-0.25, -0.2) is 9.59 Å². The number of esters is 1. The van der Waals surface area contributed by atoms with Crippen molar-refractivity contribution in [2.24, 2.45) is 5.92 Å². The summed E-state index contributed by atoms with van der Waals surface area (Å²) in [6, 6.07) is 4.92. The Hall–Kier alpha value is -3.35. The molecule has 4 rings (SSSR count). The maximum absolute atomic E-state index is 13.2. The van der Waals surface area contributed by atoms with Crippen molar-refractivity contribution in [2.75, 3.05) is 13.7 Å². The van der Waals surface area contributed by atoms with Gasteiger partial charge < -0.3 is 44.5 Å². The van der Waals surface area contributed by atoms with Crippen LogP contribution in [0.3, 0.4) is 0 Å². The van der Waals surface area contributed by atoms with E-state index in [1.54, 1.807) is 45.2 Å². The zero-order valence-electron chi connectivity index (χ0n) is 22.0. The zero-order valence-corrected chi connectivity index (χ0v) is 22.0. The summed E-state index contributed by atoms with van der Waals surface area (Å²) in [5.74, 6) is -2.82. The number of ether oxygens (including phenoxy) is 5. The molecular weight excluding hydrogens is 500 g/mol. The van der Waals surface area contributed by atoms with Crippen molar-refractivity contribution in [3.05, 3.63) is 41.2 Å². The second-order valence-corrected chi connectivity index (χ2v) is 10.4. The van der Waals surface area contributed by atoms with E-state index in [9.17, 15) is 24.6 Å². The highest BCUT2D eigenvalue weighted by molar-refractivity contribution is 5.92. The molecule has 0 radical (unpaired) electrons. The van der Waals surface area contributed by atoms with Gasteiger partial charge in [-0.3, -0.25) is 4.79 Å². The van der Waals surface area contributed by atoms with Gasteiger partial charge >= 0.3 is 12.1 Å². The Morgan fingerprint density at radius 3 is 2.50 bits per heavy atom. The summed E-state index contributed by atoms with van der Waals surface area (Å²) in [5.41, 5.74) is -0.829. The van der Waals surface area contributed by atoms with E-state index in [-0.39, 0.29) is 24.4 Å². The number of carbonyl (C=O) groups excluding carboxylic acids is 3. The van der Waals surface area contributed by atoms with Crippen molar-refractivity contribution in [2.45, 2.75) is 76.4 Å². The summed E-state index contributed by atoms with van der Waals surface area (Å²) < 4.78 is 27.8. The lowest BCUT2D eigenvalue weighted by Crippen LogP contribution is -2.68. The van der Waals surface area contributed by atoms with Crippen LogP contribution in [0.2, 0.25) is 0 Å². The predicted octanol–water partition coefficient (Wildman–Crippen LogP) is 1.45. The fraction of sp³-hybridized carbons (Fsp3) is 0.577. The first-order valence-corrected chi connectivity index (χ1v) is 12.4. The van der Waals surface area contributed by atoms with Crippen molar-refractivity contribution in [3.8, 4) is 5.75 Å². The lowest BCUT2D eigenvalue weighted by atomic mass is 9.70. The number of amides is 2. The second-order valence-electron chi connectivity index (χ2n) is 10.4. The number of rotatable bonds is 7. The first kappa shape index (κ1) is 27.7. The molecule has 3 aliphatic rings. The number of alkyl carbamates (subject to hydrolysis) is 1. The van der Waals surface area contributed by atoms with Crippen LogP contribution < -0.4 is 15.4 Å². The van der Waals surface area contributed by atoms with Crippen LogP contribution in [-0.2, 0) is 35.1 Å². The number of hydrogen-bond acceptors (Lipinski definition) is 10. The summed E-state index contributed by atoms with van der Waals surface area (Å²) in [5, 5.41) is 26.1. The fourth-order valence-electron chi connectivity index (χ4n) is 5.11. The molecule has 1 aromatic carbocycles. The molecule has 2 fully saturated rings. The van der Waals surface area contributed by atoms with Gasteiger partial charge in [0.1, 0.15) is 24.2 Å². The molecule has 4 N–H and O–H groups in total. The SMILES string of the molecule is COc1ccc(COC(=O)NC(C)C(=O)N[C@@H]2[C@H]3C(=C(O)C[C@H]4OC(C)(C)O[C@H]34)C(=O)O[C@]2(C)CO)cc1. The van der Waals surface area contributed by atoms with Gasteiger partial charge in [0.25, 0.3) is 0 Å². The number of fused-ring (bicyclic) bond motifs is 3. The van der Waals surface area contributed by atoms with Crippen molar-refractivity contribution >= 4 is 18.0 Å². The highest BCUT2D eigenvalue weighted by atomic mass is 16.8. The smallest absolute Gasteiger partial charge is 0.408 e. The monoisotopic (exact) mass is 534 g/mol. The molecule has 0 aromatic heterocycles. The molecule has 2 aliphatic heterocycles. The number of hydrogen-bond donors (Lipinski definition) is 4. The molecule has 2 heterocycles. The van der Waals surface area contributed by atoms with Crippen molar-refractivity contribution in [3.63, 3.8) is 0 Å². The Kier molecular flexibility index (Phi) is 7.60. The molecule has 2 saturated heterocycles. The normalized spacial score (nSPS) is 30.4. The van der Waals surface area contributed by atoms with E-state index >= 15 is 0 Å². The first-order valence-electron chi connectivity index (χ1n) is 12.4. The van der Waals surface area contributed by atoms with E-state index in [1.807, 2.05) is 0 Å². The number of aliphatic hydroxyl groups excluding tert-OH is 2. The number of cyclic esters (lactones) is 1. The molecule has 0 saturated carbocycles. The molecule has 6 atom stereocenters. The number of carbonyl (C=O) groups is 3. The maximum Gasteiger partial charge on any atom is 0.408 e. The van der Waals surface area contributed by atoms with Gasteiger partial charge in [0.15, 0.2) is 11.4 Å². The zero-order chi connectivity index (χ0) is 27.8. The number of nitrogens with one attached hydrogen (secondary N) is 2. The maximum atomic E-state index is 13.2. The predicted molar refractivity (Wildman–Crippen MR) is 131 cm³/mol. The molecule has 1 aromatic rings. The number of methoxy groups -OCH3 is 1. The quantitative estimate of drug-likeness (QED) is 0.377. The van der Waals surface area contributed by atoms with Crippen molar-refractivity contribution in [1.29, 1.82) is 0 Å². The van der Waals surface area contributed by atoms with Crippen LogP contribution in [0.25, 0.3) is 0 Å². The lowest BCUT2D eigenvalue weighted by Gasteiger charge is -2.49. The number of aliphatic hydroxyl groups is 2. The lowest BCUT2D eigenvalue weighted by molar-refractivity contribution is -0.183. The van der Waals surface area contributed by atoms with Gasteiger partial charge in [0.2, 0.25) is 5.91 Å². The summed E-state index contributed by atoms with van der Waals surface area (Å²) in [4.78, 5) is 38.4. The fourth-order valence-corrected chi connectivity index (χ4v) is 5.11. The topological polar surface area (TPSA) is 162 Å². The van der Waals surface area contributed by atoms with E-state index in [2.05, 4.69) is 10.6 Å². The minimum absolute atomic E-state index is 0.0168. The van der Waals surface area contributed by atoms with Gasteiger partial charge in [-0.2, -0.15) is 0 Å². The van der Waals surface area contributed by atoms with Crippen LogP contribution in [0, 0.1) is 5.92 Å². The average Bonchev–Trinajstić information content (AvgIpc) is 3.18. The largest absolute Gasteiger partial charge is 0.512 e. The van der Waals surface area contributed by atoms with E-state index < -0.39 is 66.2 Å². The Balaban J connectivity index is 1.47. The Morgan fingerprint density at radius 1 is 1.18 bits per heavy atom. The molecule has 12 heteroatoms. The molecule has 1 aliphatic carbocycles. The summed E-state index contributed by atoms with van der Waals surface area (Å²) in [7, 11) is 1.55. The third-order valence-electron chi connectivity index (χ3n) is 7.05. The van der Waals surface area contributed by atoms with Crippen LogP contribution >= 0.6 is 0 Å². The average molecular weight is 535 g/mol. The highest BCUT2D eigenvalue weighted by Crippen LogP contribution is 2.48. The van der Waals surface area contributed by atoms with Crippen molar-refractivity contribution in [1.82, 2.24) is 10.6 Å². The highest BCUT2D eigenvalue weighted by Gasteiger charge is 2.61. The van der Waals surface area contributed by atoms with E-state index in [0.29, 0.717) is 5.75 Å². The van der Waals surface area contributed by atoms with Crippen LogP contribution in [0.4, 0.5) is 4.79 Å². The van der Waals surface area contributed by atoms with Gasteiger partial charge in [-0.1, -0.05) is 12.1 Å². The minimum atomic E-state index is -1.53. The molecular formula is C26H34N2O10. The second kappa shape index (κ2) is 10.4. The molecule has 208 valence electrons. The third kappa shape index (κ3) is 5.42. The van der Waals surface area contributed by atoms with Crippen LogP contribution in [0.5, 0.6) is 5.75 Å². The van der Waals surface area contributed by atoms with Gasteiger partial charge in [0.05, 0.1) is 37.5 Å². The van der Waals surface area contributed by atoms with Crippen molar-refractivity contribution < 1.29 is 48.3 Å². The standard InChI is InChI=1S/C26H34N2O10/c1-13(27-24(33)35-11-14-6-8-15(34-5)9-7-14)22(31)28-21-19-18(23(32)38-26(21,4)12-29)16(30)10-17-20(19)37-25(2,3)36-17/h6-9,13,17,19-21,29-30H,10-12H2,1-5H3,(H,27,33)(H,28,31)/t13?,17-,19+,20+,21-,26-/m1/s1. The van der Waals surface area contributed by atoms with E-state index in [1.165, 1.54) is 13.8 Å². The number of benzene rings is 1. The first-order chi connectivity index (χ1) is 17.9. The van der Waals surface area contributed by atoms with Gasteiger partial charge in [0, 0.05) is 12.3 Å². The van der Waals surface area contributed by atoms with E-state index in [0.717, 1.165) is 5.56 Å².